The topological polar surface area (TPSA) is 47.6 Å². The van der Waals surface area contributed by atoms with Crippen molar-refractivity contribution in [2.45, 2.75) is 20.5 Å². The number of carbonyl (C=O) groups excluding carboxylic acids is 1. The molecule has 0 saturated carbocycles. The maximum absolute atomic E-state index is 12.4. The molecular formula is C17H16ClF2NO3. The lowest BCUT2D eigenvalue weighted by Gasteiger charge is -2.14. The minimum Gasteiger partial charge on any atom is -0.483 e. The van der Waals surface area contributed by atoms with Gasteiger partial charge in [-0.05, 0) is 49.2 Å². The highest BCUT2D eigenvalue weighted by Crippen LogP contribution is 2.28. The molecule has 0 spiro atoms. The van der Waals surface area contributed by atoms with Gasteiger partial charge in [0.1, 0.15) is 11.5 Å². The second-order valence-corrected chi connectivity index (χ2v) is 5.52. The first-order valence-corrected chi connectivity index (χ1v) is 7.48. The van der Waals surface area contributed by atoms with Gasteiger partial charge in [-0.2, -0.15) is 8.78 Å². The third-order valence-electron chi connectivity index (χ3n) is 3.15. The summed E-state index contributed by atoms with van der Waals surface area (Å²) < 4.78 is 34.6. The van der Waals surface area contributed by atoms with E-state index < -0.39 is 12.5 Å². The Morgan fingerprint density at radius 2 is 1.83 bits per heavy atom. The van der Waals surface area contributed by atoms with Crippen molar-refractivity contribution in [3.05, 3.63) is 52.5 Å². The maximum atomic E-state index is 12.4. The van der Waals surface area contributed by atoms with Gasteiger partial charge in [-0.3, -0.25) is 4.79 Å². The molecule has 0 radical (unpaired) electrons. The van der Waals surface area contributed by atoms with Crippen molar-refractivity contribution in [2.24, 2.45) is 0 Å². The van der Waals surface area contributed by atoms with Gasteiger partial charge in [0.15, 0.2) is 6.61 Å². The van der Waals surface area contributed by atoms with Crippen molar-refractivity contribution in [2.75, 3.05) is 11.9 Å². The number of amides is 1. The number of benzene rings is 2. The Bertz CT molecular complexity index is 715. The fourth-order valence-corrected chi connectivity index (χ4v) is 2.55. The van der Waals surface area contributed by atoms with Crippen molar-refractivity contribution >= 4 is 23.2 Å². The van der Waals surface area contributed by atoms with Crippen LogP contribution < -0.4 is 14.8 Å². The van der Waals surface area contributed by atoms with E-state index in [1.807, 2.05) is 13.8 Å². The highest BCUT2D eigenvalue weighted by Gasteiger charge is 2.13. The predicted molar refractivity (Wildman–Crippen MR) is 88.1 cm³/mol. The Morgan fingerprint density at radius 3 is 2.46 bits per heavy atom. The Kier molecular flexibility index (Phi) is 5.98. The van der Waals surface area contributed by atoms with Gasteiger partial charge in [0.05, 0.1) is 5.69 Å². The Morgan fingerprint density at radius 1 is 1.21 bits per heavy atom. The lowest BCUT2D eigenvalue weighted by Crippen LogP contribution is -2.21. The first-order valence-electron chi connectivity index (χ1n) is 7.10. The number of para-hydroxylation sites is 2. The standard InChI is InChI=1S/C17H16ClF2NO3/c1-10-7-12(18)8-11(2)16(10)23-9-15(22)21-13-5-3-4-6-14(13)24-17(19)20/h3-8,17H,9H2,1-2H3,(H,21,22). The minimum absolute atomic E-state index is 0.111. The van der Waals surface area contributed by atoms with Crippen molar-refractivity contribution in [3.63, 3.8) is 0 Å². The molecule has 4 nitrogen and oxygen atoms in total. The Hall–Kier alpha value is -2.34. The molecule has 128 valence electrons. The monoisotopic (exact) mass is 355 g/mol. The summed E-state index contributed by atoms with van der Waals surface area (Å²) in [5.74, 6) is -0.0413. The number of aryl methyl sites for hydroxylation is 2. The molecule has 0 aliphatic heterocycles. The second-order valence-electron chi connectivity index (χ2n) is 5.08. The summed E-state index contributed by atoms with van der Waals surface area (Å²) in [7, 11) is 0. The number of rotatable bonds is 6. The number of halogens is 3. The van der Waals surface area contributed by atoms with E-state index >= 15 is 0 Å². The number of ether oxygens (including phenoxy) is 2. The summed E-state index contributed by atoms with van der Waals surface area (Å²) in [5, 5.41) is 3.07. The first-order chi connectivity index (χ1) is 11.4. The molecule has 24 heavy (non-hydrogen) atoms. The van der Waals surface area contributed by atoms with Gasteiger partial charge >= 0.3 is 6.61 Å². The smallest absolute Gasteiger partial charge is 0.387 e. The molecule has 0 unspecified atom stereocenters. The van der Waals surface area contributed by atoms with Crippen molar-refractivity contribution < 1.29 is 23.0 Å². The van der Waals surface area contributed by atoms with Crippen LogP contribution in [0.3, 0.4) is 0 Å². The van der Waals surface area contributed by atoms with Gasteiger partial charge in [-0.15, -0.1) is 0 Å². The van der Waals surface area contributed by atoms with Gasteiger partial charge < -0.3 is 14.8 Å². The zero-order valence-corrected chi connectivity index (χ0v) is 13.9. The molecule has 0 saturated heterocycles. The van der Waals surface area contributed by atoms with Crippen LogP contribution in [-0.2, 0) is 4.79 Å². The van der Waals surface area contributed by atoms with Gasteiger partial charge in [0, 0.05) is 5.02 Å². The quantitative estimate of drug-likeness (QED) is 0.825. The van der Waals surface area contributed by atoms with E-state index in [-0.39, 0.29) is 18.0 Å². The van der Waals surface area contributed by atoms with E-state index in [1.165, 1.54) is 18.2 Å². The molecule has 2 aromatic rings. The molecule has 0 aromatic heterocycles. The highest BCUT2D eigenvalue weighted by molar-refractivity contribution is 6.30. The fourth-order valence-electron chi connectivity index (χ4n) is 2.22. The van der Waals surface area contributed by atoms with Gasteiger partial charge in [0.25, 0.3) is 5.91 Å². The molecule has 1 amide bonds. The van der Waals surface area contributed by atoms with Crippen LogP contribution in [-0.4, -0.2) is 19.1 Å². The number of carbonyl (C=O) groups is 1. The molecule has 0 fully saturated rings. The van der Waals surface area contributed by atoms with Crippen LogP contribution in [0.2, 0.25) is 5.02 Å². The molecule has 0 aliphatic rings. The van der Waals surface area contributed by atoms with Crippen LogP contribution >= 0.6 is 11.6 Å². The minimum atomic E-state index is -2.97. The fraction of sp³-hybridized carbons (Fsp3) is 0.235. The number of alkyl halides is 2. The number of nitrogens with one attached hydrogen (secondary N) is 1. The highest BCUT2D eigenvalue weighted by atomic mass is 35.5. The van der Waals surface area contributed by atoms with Gasteiger partial charge in [-0.1, -0.05) is 23.7 Å². The second kappa shape index (κ2) is 7.97. The molecule has 1 N–H and O–H groups in total. The number of anilines is 1. The SMILES string of the molecule is Cc1cc(Cl)cc(C)c1OCC(=O)Nc1ccccc1OC(F)F. The summed E-state index contributed by atoms with van der Waals surface area (Å²) >= 11 is 5.94. The molecule has 2 rings (SSSR count). The molecular weight excluding hydrogens is 340 g/mol. The van der Waals surface area contributed by atoms with Crippen molar-refractivity contribution in [1.29, 1.82) is 0 Å². The van der Waals surface area contributed by atoms with E-state index in [0.29, 0.717) is 10.8 Å². The van der Waals surface area contributed by atoms with E-state index in [2.05, 4.69) is 10.1 Å². The molecule has 0 heterocycles. The number of hydrogen-bond donors (Lipinski definition) is 1. The van der Waals surface area contributed by atoms with Crippen LogP contribution in [0.1, 0.15) is 11.1 Å². The molecule has 7 heteroatoms. The predicted octanol–water partition coefficient (Wildman–Crippen LogP) is 4.58. The van der Waals surface area contributed by atoms with Gasteiger partial charge in [-0.25, -0.2) is 0 Å². The normalized spacial score (nSPS) is 10.6. The van der Waals surface area contributed by atoms with Crippen LogP contribution in [0.25, 0.3) is 0 Å². The summed E-state index contributed by atoms with van der Waals surface area (Å²) in [6, 6.07) is 9.40. The average molecular weight is 356 g/mol. The van der Waals surface area contributed by atoms with Crippen molar-refractivity contribution in [3.8, 4) is 11.5 Å². The molecule has 0 bridgehead atoms. The van der Waals surface area contributed by atoms with E-state index in [9.17, 15) is 13.6 Å². The van der Waals surface area contributed by atoms with E-state index in [4.69, 9.17) is 16.3 Å². The lowest BCUT2D eigenvalue weighted by atomic mass is 10.1. The summed E-state index contributed by atoms with van der Waals surface area (Å²) in [6.07, 6.45) is 0. The average Bonchev–Trinajstić information content (AvgIpc) is 2.47. The molecule has 0 atom stereocenters. The van der Waals surface area contributed by atoms with E-state index in [1.54, 1.807) is 18.2 Å². The Balaban J connectivity index is 2.02. The van der Waals surface area contributed by atoms with Gasteiger partial charge in [0.2, 0.25) is 0 Å². The Labute approximate surface area is 143 Å². The van der Waals surface area contributed by atoms with Crippen molar-refractivity contribution in [1.82, 2.24) is 0 Å². The number of hydrogen-bond acceptors (Lipinski definition) is 3. The van der Waals surface area contributed by atoms with E-state index in [0.717, 1.165) is 11.1 Å². The maximum Gasteiger partial charge on any atom is 0.387 e. The lowest BCUT2D eigenvalue weighted by molar-refractivity contribution is -0.118. The van der Waals surface area contributed by atoms with Crippen LogP contribution in [0.15, 0.2) is 36.4 Å². The summed E-state index contributed by atoms with van der Waals surface area (Å²) in [4.78, 5) is 12.0. The van der Waals surface area contributed by atoms with Crippen LogP contribution in [0, 0.1) is 13.8 Å². The van der Waals surface area contributed by atoms with Crippen LogP contribution in [0.5, 0.6) is 11.5 Å². The summed E-state index contributed by atoms with van der Waals surface area (Å²) in [5.41, 5.74) is 1.75. The first kappa shape index (κ1) is 18.0. The largest absolute Gasteiger partial charge is 0.483 e. The zero-order valence-electron chi connectivity index (χ0n) is 13.1. The third kappa shape index (κ3) is 4.83. The zero-order chi connectivity index (χ0) is 17.7. The third-order valence-corrected chi connectivity index (χ3v) is 3.37. The summed E-state index contributed by atoms with van der Waals surface area (Å²) in [6.45, 7) is 0.390. The molecule has 2 aromatic carbocycles. The molecule has 0 aliphatic carbocycles. The van der Waals surface area contributed by atoms with Crippen LogP contribution in [0.4, 0.5) is 14.5 Å².